The molecule has 1 amide bonds. The van der Waals surface area contributed by atoms with Gasteiger partial charge in [-0.3, -0.25) is 10.1 Å². The molecule has 3 heterocycles. The summed E-state index contributed by atoms with van der Waals surface area (Å²) in [4.78, 5) is 16.1. The van der Waals surface area contributed by atoms with E-state index in [1.54, 1.807) is 11.3 Å². The number of carbonyl (C=O) groups is 1. The molecule has 1 aromatic heterocycles. The maximum atomic E-state index is 12.8. The van der Waals surface area contributed by atoms with Crippen LogP contribution in [0.1, 0.15) is 50.1 Å². The standard InChI is InChI=1S/C16H24N2O2S/c1-2-3-7-13-16(19)18(12-6-4-9-20-11-12)15(17-13)14-8-5-10-21-14/h5,8,10,12-13,15,17H,2-4,6-7,9,11H2,1H3. The lowest BCUT2D eigenvalue weighted by molar-refractivity contribution is -0.135. The molecule has 0 aliphatic carbocycles. The van der Waals surface area contributed by atoms with E-state index < -0.39 is 0 Å². The minimum Gasteiger partial charge on any atom is -0.379 e. The molecule has 0 saturated carbocycles. The summed E-state index contributed by atoms with van der Waals surface area (Å²) in [6, 6.07) is 4.37. The topological polar surface area (TPSA) is 41.6 Å². The Hall–Kier alpha value is -0.910. The Morgan fingerprint density at radius 2 is 2.43 bits per heavy atom. The van der Waals surface area contributed by atoms with Gasteiger partial charge in [0, 0.05) is 11.5 Å². The van der Waals surface area contributed by atoms with Crippen LogP contribution in [-0.2, 0) is 9.53 Å². The van der Waals surface area contributed by atoms with Crippen LogP contribution in [0.4, 0.5) is 0 Å². The molecule has 2 aliphatic heterocycles. The molecule has 0 radical (unpaired) electrons. The van der Waals surface area contributed by atoms with E-state index in [1.165, 1.54) is 4.88 Å². The maximum Gasteiger partial charge on any atom is 0.241 e. The zero-order chi connectivity index (χ0) is 14.7. The van der Waals surface area contributed by atoms with Crippen molar-refractivity contribution in [1.29, 1.82) is 0 Å². The first kappa shape index (κ1) is 15.0. The quantitative estimate of drug-likeness (QED) is 0.909. The van der Waals surface area contributed by atoms with Crippen LogP contribution < -0.4 is 5.32 Å². The molecule has 2 saturated heterocycles. The number of nitrogens with zero attached hydrogens (tertiary/aromatic N) is 1. The summed E-state index contributed by atoms with van der Waals surface area (Å²) in [5, 5.41) is 5.64. The van der Waals surface area contributed by atoms with E-state index in [2.05, 4.69) is 34.7 Å². The molecule has 116 valence electrons. The van der Waals surface area contributed by atoms with Gasteiger partial charge in [-0.25, -0.2) is 0 Å². The third-order valence-corrected chi connectivity index (χ3v) is 5.30. The zero-order valence-corrected chi connectivity index (χ0v) is 13.4. The van der Waals surface area contributed by atoms with Crippen molar-refractivity contribution in [1.82, 2.24) is 10.2 Å². The number of unbranched alkanes of at least 4 members (excludes halogenated alkanes) is 1. The summed E-state index contributed by atoms with van der Waals surface area (Å²) in [6.45, 7) is 3.67. The van der Waals surface area contributed by atoms with Crippen molar-refractivity contribution in [3.8, 4) is 0 Å². The van der Waals surface area contributed by atoms with Gasteiger partial charge in [0.1, 0.15) is 6.17 Å². The van der Waals surface area contributed by atoms with E-state index in [1.807, 2.05) is 0 Å². The summed E-state index contributed by atoms with van der Waals surface area (Å²) >= 11 is 1.72. The smallest absolute Gasteiger partial charge is 0.241 e. The van der Waals surface area contributed by atoms with Gasteiger partial charge in [0.25, 0.3) is 0 Å². The molecule has 0 bridgehead atoms. The molecule has 1 aromatic rings. The van der Waals surface area contributed by atoms with Gasteiger partial charge < -0.3 is 9.64 Å². The highest BCUT2D eigenvalue weighted by Crippen LogP contribution is 2.33. The van der Waals surface area contributed by atoms with Crippen LogP contribution in [-0.4, -0.2) is 36.1 Å². The zero-order valence-electron chi connectivity index (χ0n) is 12.6. The summed E-state index contributed by atoms with van der Waals surface area (Å²) in [6.07, 6.45) is 5.28. The predicted octanol–water partition coefficient (Wildman–Crippen LogP) is 2.92. The Kier molecular flexibility index (Phi) is 4.93. The lowest BCUT2D eigenvalue weighted by atomic mass is 10.1. The number of carbonyl (C=O) groups excluding carboxylic acids is 1. The second-order valence-electron chi connectivity index (χ2n) is 5.90. The van der Waals surface area contributed by atoms with Gasteiger partial charge in [0.2, 0.25) is 5.91 Å². The molecular formula is C16H24N2O2S. The van der Waals surface area contributed by atoms with Crippen LogP contribution in [0, 0.1) is 0 Å². The molecular weight excluding hydrogens is 284 g/mol. The fourth-order valence-electron chi connectivity index (χ4n) is 3.26. The normalized spacial score (nSPS) is 30.0. The van der Waals surface area contributed by atoms with Crippen LogP contribution in [0.2, 0.25) is 0 Å². The molecule has 5 heteroatoms. The molecule has 21 heavy (non-hydrogen) atoms. The fourth-order valence-corrected chi connectivity index (χ4v) is 4.05. The molecule has 0 aromatic carbocycles. The number of nitrogens with one attached hydrogen (secondary N) is 1. The van der Waals surface area contributed by atoms with Crippen molar-refractivity contribution in [2.45, 2.75) is 57.3 Å². The van der Waals surface area contributed by atoms with Gasteiger partial charge in [0.05, 0.1) is 18.7 Å². The number of thiophene rings is 1. The van der Waals surface area contributed by atoms with Crippen LogP contribution in [0.25, 0.3) is 0 Å². The third kappa shape index (κ3) is 3.15. The molecule has 1 N–H and O–H groups in total. The van der Waals surface area contributed by atoms with Gasteiger partial charge in [0.15, 0.2) is 0 Å². The highest BCUT2D eigenvalue weighted by molar-refractivity contribution is 7.10. The molecule has 0 spiro atoms. The largest absolute Gasteiger partial charge is 0.379 e. The van der Waals surface area contributed by atoms with E-state index in [0.29, 0.717) is 6.61 Å². The van der Waals surface area contributed by atoms with Crippen molar-refractivity contribution >= 4 is 17.2 Å². The highest BCUT2D eigenvalue weighted by Gasteiger charge is 2.43. The van der Waals surface area contributed by atoms with Crippen LogP contribution in [0.5, 0.6) is 0 Å². The minimum absolute atomic E-state index is 0.0287. The number of rotatable bonds is 5. The van der Waals surface area contributed by atoms with Crippen LogP contribution in [0.15, 0.2) is 17.5 Å². The molecule has 2 aliphatic rings. The molecule has 3 unspecified atom stereocenters. The fraction of sp³-hybridized carbons (Fsp3) is 0.688. The SMILES string of the molecule is CCCCC1NC(c2cccs2)N(C2CCCOC2)C1=O. The summed E-state index contributed by atoms with van der Waals surface area (Å²) in [7, 11) is 0. The highest BCUT2D eigenvalue weighted by atomic mass is 32.1. The Bertz CT molecular complexity index is 457. The van der Waals surface area contributed by atoms with E-state index in [9.17, 15) is 4.79 Å². The average molecular weight is 308 g/mol. The lowest BCUT2D eigenvalue weighted by Crippen LogP contribution is -2.44. The van der Waals surface area contributed by atoms with E-state index in [0.717, 1.165) is 38.7 Å². The Morgan fingerprint density at radius 3 is 3.10 bits per heavy atom. The van der Waals surface area contributed by atoms with Crippen molar-refractivity contribution < 1.29 is 9.53 Å². The molecule has 2 fully saturated rings. The number of hydrogen-bond donors (Lipinski definition) is 1. The molecule has 3 rings (SSSR count). The Balaban J connectivity index is 1.79. The first-order chi connectivity index (χ1) is 10.3. The van der Waals surface area contributed by atoms with Gasteiger partial charge in [-0.05, 0) is 30.7 Å². The summed E-state index contributed by atoms with van der Waals surface area (Å²) < 4.78 is 5.61. The van der Waals surface area contributed by atoms with Crippen molar-refractivity contribution in [3.05, 3.63) is 22.4 Å². The van der Waals surface area contributed by atoms with Gasteiger partial charge in [-0.15, -0.1) is 11.3 Å². The summed E-state index contributed by atoms with van der Waals surface area (Å²) in [5.74, 6) is 0.261. The van der Waals surface area contributed by atoms with Gasteiger partial charge >= 0.3 is 0 Å². The van der Waals surface area contributed by atoms with Crippen LogP contribution >= 0.6 is 11.3 Å². The van der Waals surface area contributed by atoms with Gasteiger partial charge in [-0.1, -0.05) is 25.8 Å². The van der Waals surface area contributed by atoms with E-state index >= 15 is 0 Å². The number of ether oxygens (including phenoxy) is 1. The Morgan fingerprint density at radius 1 is 1.52 bits per heavy atom. The number of amides is 1. The monoisotopic (exact) mass is 308 g/mol. The first-order valence-electron chi connectivity index (χ1n) is 8.00. The van der Waals surface area contributed by atoms with E-state index in [4.69, 9.17) is 4.74 Å². The maximum absolute atomic E-state index is 12.8. The number of hydrogen-bond acceptors (Lipinski definition) is 4. The first-order valence-corrected chi connectivity index (χ1v) is 8.88. The van der Waals surface area contributed by atoms with Crippen LogP contribution in [0.3, 0.4) is 0 Å². The Labute approximate surface area is 130 Å². The van der Waals surface area contributed by atoms with Crippen molar-refractivity contribution in [3.63, 3.8) is 0 Å². The van der Waals surface area contributed by atoms with Gasteiger partial charge in [-0.2, -0.15) is 0 Å². The second kappa shape index (κ2) is 6.90. The van der Waals surface area contributed by atoms with Crippen molar-refractivity contribution in [2.24, 2.45) is 0 Å². The van der Waals surface area contributed by atoms with Crippen molar-refractivity contribution in [2.75, 3.05) is 13.2 Å². The summed E-state index contributed by atoms with van der Waals surface area (Å²) in [5.41, 5.74) is 0. The average Bonchev–Trinajstić information content (AvgIpc) is 3.14. The third-order valence-electron chi connectivity index (χ3n) is 4.38. The van der Waals surface area contributed by atoms with E-state index in [-0.39, 0.29) is 24.2 Å². The molecule has 3 atom stereocenters. The minimum atomic E-state index is -0.0287. The second-order valence-corrected chi connectivity index (χ2v) is 6.88. The predicted molar refractivity (Wildman–Crippen MR) is 84.2 cm³/mol. The molecule has 4 nitrogen and oxygen atoms in total. The lowest BCUT2D eigenvalue weighted by Gasteiger charge is -2.34.